The molecule has 0 aliphatic carbocycles. The Morgan fingerprint density at radius 1 is 1.35 bits per heavy atom. The molecule has 0 spiro atoms. The van der Waals surface area contributed by atoms with Gasteiger partial charge in [-0.1, -0.05) is 12.1 Å². The van der Waals surface area contributed by atoms with E-state index in [0.29, 0.717) is 11.7 Å². The SMILES string of the molecule is Oc1cccc(-c2cnn(CC3CNC3)c2)c1. The van der Waals surface area contributed by atoms with Gasteiger partial charge in [0, 0.05) is 37.3 Å². The average molecular weight is 229 g/mol. The van der Waals surface area contributed by atoms with Gasteiger partial charge in [0.05, 0.1) is 6.20 Å². The highest BCUT2D eigenvalue weighted by Gasteiger charge is 2.17. The Kier molecular flexibility index (Phi) is 2.57. The predicted octanol–water partition coefficient (Wildman–Crippen LogP) is 1.48. The van der Waals surface area contributed by atoms with Crippen LogP contribution in [-0.4, -0.2) is 28.0 Å². The molecule has 1 aliphatic rings. The summed E-state index contributed by atoms with van der Waals surface area (Å²) >= 11 is 0. The smallest absolute Gasteiger partial charge is 0.116 e. The fourth-order valence-electron chi connectivity index (χ4n) is 2.04. The number of aromatic hydroxyl groups is 1. The van der Waals surface area contributed by atoms with Crippen LogP contribution in [0.25, 0.3) is 11.1 Å². The molecule has 0 unspecified atom stereocenters. The topological polar surface area (TPSA) is 50.1 Å². The summed E-state index contributed by atoms with van der Waals surface area (Å²) in [5, 5.41) is 17.0. The van der Waals surface area contributed by atoms with Crippen molar-refractivity contribution in [1.82, 2.24) is 15.1 Å². The number of phenolic OH excluding ortho intramolecular Hbond substituents is 1. The molecule has 2 aromatic rings. The van der Waals surface area contributed by atoms with Crippen LogP contribution < -0.4 is 5.32 Å². The molecule has 0 amide bonds. The maximum atomic E-state index is 9.44. The lowest BCUT2D eigenvalue weighted by Crippen LogP contribution is -2.44. The second-order valence-corrected chi connectivity index (χ2v) is 4.53. The van der Waals surface area contributed by atoms with Crippen LogP contribution in [0.2, 0.25) is 0 Å². The lowest BCUT2D eigenvalue weighted by molar-refractivity contribution is 0.295. The van der Waals surface area contributed by atoms with Gasteiger partial charge in [0.1, 0.15) is 5.75 Å². The first-order valence-electron chi connectivity index (χ1n) is 5.84. The van der Waals surface area contributed by atoms with E-state index < -0.39 is 0 Å². The van der Waals surface area contributed by atoms with Gasteiger partial charge in [-0.3, -0.25) is 4.68 Å². The van der Waals surface area contributed by atoms with Gasteiger partial charge in [-0.25, -0.2) is 0 Å². The van der Waals surface area contributed by atoms with Gasteiger partial charge < -0.3 is 10.4 Å². The second-order valence-electron chi connectivity index (χ2n) is 4.53. The number of nitrogens with zero attached hydrogens (tertiary/aromatic N) is 2. The van der Waals surface area contributed by atoms with Gasteiger partial charge in [0.15, 0.2) is 0 Å². The first kappa shape index (κ1) is 10.4. The molecule has 1 aromatic carbocycles. The molecule has 1 saturated heterocycles. The van der Waals surface area contributed by atoms with Crippen molar-refractivity contribution in [3.63, 3.8) is 0 Å². The van der Waals surface area contributed by atoms with Crippen LogP contribution in [0.1, 0.15) is 0 Å². The highest BCUT2D eigenvalue weighted by atomic mass is 16.3. The highest BCUT2D eigenvalue weighted by molar-refractivity contribution is 5.63. The molecule has 1 aromatic heterocycles. The molecule has 0 bridgehead atoms. The first-order chi connectivity index (χ1) is 8.31. The van der Waals surface area contributed by atoms with Crippen molar-refractivity contribution in [3.8, 4) is 16.9 Å². The molecular weight excluding hydrogens is 214 g/mol. The molecule has 17 heavy (non-hydrogen) atoms. The van der Waals surface area contributed by atoms with Gasteiger partial charge >= 0.3 is 0 Å². The molecule has 0 saturated carbocycles. The number of rotatable bonds is 3. The summed E-state index contributed by atoms with van der Waals surface area (Å²) < 4.78 is 1.98. The van der Waals surface area contributed by atoms with E-state index in [1.165, 1.54) is 0 Å². The van der Waals surface area contributed by atoms with Crippen LogP contribution >= 0.6 is 0 Å². The third-order valence-corrected chi connectivity index (χ3v) is 3.12. The Bertz CT molecular complexity index is 517. The fourth-order valence-corrected chi connectivity index (χ4v) is 2.04. The zero-order valence-corrected chi connectivity index (χ0v) is 9.50. The summed E-state index contributed by atoms with van der Waals surface area (Å²) in [6, 6.07) is 7.25. The predicted molar refractivity (Wildman–Crippen MR) is 65.7 cm³/mol. The van der Waals surface area contributed by atoms with Crippen LogP contribution in [-0.2, 0) is 6.54 Å². The van der Waals surface area contributed by atoms with E-state index >= 15 is 0 Å². The van der Waals surface area contributed by atoms with Gasteiger partial charge in [0.2, 0.25) is 0 Å². The van der Waals surface area contributed by atoms with Gasteiger partial charge in [0.25, 0.3) is 0 Å². The van der Waals surface area contributed by atoms with Gasteiger partial charge in [-0.15, -0.1) is 0 Å². The average Bonchev–Trinajstić information content (AvgIpc) is 2.72. The molecule has 2 heterocycles. The lowest BCUT2D eigenvalue weighted by atomic mass is 10.0. The quantitative estimate of drug-likeness (QED) is 0.838. The van der Waals surface area contributed by atoms with Crippen LogP contribution in [0.15, 0.2) is 36.7 Å². The normalized spacial score (nSPS) is 15.8. The van der Waals surface area contributed by atoms with Crippen molar-refractivity contribution in [2.24, 2.45) is 5.92 Å². The summed E-state index contributed by atoms with van der Waals surface area (Å²) in [6.45, 7) is 3.13. The second kappa shape index (κ2) is 4.22. The summed E-state index contributed by atoms with van der Waals surface area (Å²) in [6.07, 6.45) is 3.88. The molecule has 3 rings (SSSR count). The van der Waals surface area contributed by atoms with Crippen molar-refractivity contribution in [2.45, 2.75) is 6.54 Å². The zero-order valence-electron chi connectivity index (χ0n) is 9.50. The minimum absolute atomic E-state index is 0.290. The van der Waals surface area contributed by atoms with E-state index in [-0.39, 0.29) is 0 Å². The minimum atomic E-state index is 0.290. The molecule has 2 N–H and O–H groups in total. The van der Waals surface area contributed by atoms with E-state index in [2.05, 4.69) is 10.4 Å². The van der Waals surface area contributed by atoms with Crippen molar-refractivity contribution in [2.75, 3.05) is 13.1 Å². The molecule has 1 fully saturated rings. The minimum Gasteiger partial charge on any atom is -0.508 e. The summed E-state index contributed by atoms with van der Waals surface area (Å²) in [7, 11) is 0. The maximum Gasteiger partial charge on any atom is 0.116 e. The molecule has 4 heteroatoms. The van der Waals surface area contributed by atoms with Gasteiger partial charge in [-0.2, -0.15) is 5.10 Å². The summed E-state index contributed by atoms with van der Waals surface area (Å²) in [4.78, 5) is 0. The molecule has 88 valence electrons. The van der Waals surface area contributed by atoms with Crippen molar-refractivity contribution >= 4 is 0 Å². The highest BCUT2D eigenvalue weighted by Crippen LogP contribution is 2.22. The van der Waals surface area contributed by atoms with E-state index in [0.717, 1.165) is 30.8 Å². The molecule has 4 nitrogen and oxygen atoms in total. The number of hydrogen-bond donors (Lipinski definition) is 2. The molecular formula is C13H15N3O. The largest absolute Gasteiger partial charge is 0.508 e. The van der Waals surface area contributed by atoms with Crippen LogP contribution in [0.5, 0.6) is 5.75 Å². The first-order valence-corrected chi connectivity index (χ1v) is 5.84. The molecule has 0 radical (unpaired) electrons. The summed E-state index contributed by atoms with van der Waals surface area (Å²) in [5.74, 6) is 0.991. The van der Waals surface area contributed by atoms with Gasteiger partial charge in [-0.05, 0) is 17.7 Å². The number of hydrogen-bond acceptors (Lipinski definition) is 3. The standard InChI is InChI=1S/C13H15N3O/c17-13-3-1-2-11(4-13)12-7-15-16(9-12)8-10-5-14-6-10/h1-4,7,9-10,14,17H,5-6,8H2. The van der Waals surface area contributed by atoms with E-state index in [9.17, 15) is 5.11 Å². The van der Waals surface area contributed by atoms with E-state index in [1.807, 2.05) is 29.2 Å². The van der Waals surface area contributed by atoms with Crippen molar-refractivity contribution < 1.29 is 5.11 Å². The fraction of sp³-hybridized carbons (Fsp3) is 0.308. The third kappa shape index (κ3) is 2.17. The van der Waals surface area contributed by atoms with E-state index in [1.54, 1.807) is 12.1 Å². The monoisotopic (exact) mass is 229 g/mol. The Morgan fingerprint density at radius 2 is 2.24 bits per heavy atom. The number of aromatic nitrogens is 2. The lowest BCUT2D eigenvalue weighted by Gasteiger charge is -2.26. The zero-order chi connectivity index (χ0) is 11.7. The maximum absolute atomic E-state index is 9.44. The third-order valence-electron chi connectivity index (χ3n) is 3.12. The van der Waals surface area contributed by atoms with Crippen molar-refractivity contribution in [3.05, 3.63) is 36.7 Å². The van der Waals surface area contributed by atoms with E-state index in [4.69, 9.17) is 0 Å². The molecule has 0 atom stereocenters. The summed E-state index contributed by atoms with van der Waals surface area (Å²) in [5.41, 5.74) is 2.05. The van der Waals surface area contributed by atoms with Crippen LogP contribution in [0.4, 0.5) is 0 Å². The molecule has 1 aliphatic heterocycles. The number of nitrogens with one attached hydrogen (secondary N) is 1. The Labute approximate surface area is 99.9 Å². The Balaban J connectivity index is 1.79. The van der Waals surface area contributed by atoms with Crippen LogP contribution in [0, 0.1) is 5.92 Å². The Hall–Kier alpha value is -1.81. The Morgan fingerprint density at radius 3 is 2.94 bits per heavy atom. The number of phenols is 1. The van der Waals surface area contributed by atoms with Crippen molar-refractivity contribution in [1.29, 1.82) is 0 Å². The van der Waals surface area contributed by atoms with Crippen LogP contribution in [0.3, 0.4) is 0 Å². The number of benzene rings is 1.